The average Bonchev–Trinajstić information content (AvgIpc) is 3.26. The molecule has 62 heavy (non-hydrogen) atoms. The highest BCUT2D eigenvalue weighted by Crippen LogP contribution is 2.16. The fourth-order valence-corrected chi connectivity index (χ4v) is 6.91. The van der Waals surface area contributed by atoms with E-state index >= 15 is 0 Å². The van der Waals surface area contributed by atoms with E-state index in [0.29, 0.717) is 19.3 Å². The molecule has 0 heterocycles. The summed E-state index contributed by atoms with van der Waals surface area (Å²) in [5.41, 5.74) is 0. The molecule has 3 N–H and O–H groups in total. The molecule has 3 atom stereocenters. The van der Waals surface area contributed by atoms with E-state index in [4.69, 9.17) is 4.74 Å². The number of nitrogens with one attached hydrogen (secondary N) is 1. The van der Waals surface area contributed by atoms with Gasteiger partial charge in [0.15, 0.2) is 0 Å². The zero-order valence-electron chi connectivity index (χ0n) is 40.0. The second kappa shape index (κ2) is 48.6. The molecule has 6 nitrogen and oxygen atoms in total. The summed E-state index contributed by atoms with van der Waals surface area (Å²) in [6.07, 6.45) is 66.0. The number of esters is 1. The summed E-state index contributed by atoms with van der Waals surface area (Å²) in [4.78, 5) is 26.0. The van der Waals surface area contributed by atoms with Crippen molar-refractivity contribution in [3.63, 3.8) is 0 Å². The van der Waals surface area contributed by atoms with Crippen LogP contribution in [0.4, 0.5) is 0 Å². The first-order valence-corrected chi connectivity index (χ1v) is 25.2. The lowest BCUT2D eigenvalue weighted by molar-refractivity contribution is -0.150. The molecule has 0 aliphatic heterocycles. The van der Waals surface area contributed by atoms with Gasteiger partial charge in [-0.25, -0.2) is 0 Å². The van der Waals surface area contributed by atoms with Crippen LogP contribution >= 0.6 is 0 Å². The Labute approximate surface area is 381 Å². The minimum Gasteiger partial charge on any atom is -0.461 e. The van der Waals surface area contributed by atoms with Crippen molar-refractivity contribution < 1.29 is 24.5 Å². The smallest absolute Gasteiger partial charge is 0.306 e. The van der Waals surface area contributed by atoms with Crippen LogP contribution in [-0.4, -0.2) is 46.9 Å². The van der Waals surface area contributed by atoms with Crippen LogP contribution in [0.3, 0.4) is 0 Å². The standard InChI is InChI=1S/C56H93NO5/c1-4-7-10-13-16-19-22-24-26-27-29-31-34-37-40-43-46-49-56(61)62-52(47-44-41-38-35-32-21-18-15-12-9-6-3)50-55(60)57-53(51-58)54(59)48-45-42-39-36-33-30-28-25-23-20-17-14-11-8-5-2/h9,12,15-16,18-19,21,24,26,29,31-32,35,37-38,40-41,44,52-54,58-59H,4-8,10-11,13-14,17,20,22-23,25,27-28,30,33-34,36,39,42-43,45-51H2,1-3H3,(H,57,60)/b12-9+,18-15+,19-16-,26-24-,31-29-,32-21-,38-35-,40-37-,44-41+. The summed E-state index contributed by atoms with van der Waals surface area (Å²) in [7, 11) is 0. The summed E-state index contributed by atoms with van der Waals surface area (Å²) < 4.78 is 5.80. The van der Waals surface area contributed by atoms with E-state index in [2.05, 4.69) is 80.8 Å². The average molecular weight is 860 g/mol. The molecule has 0 fully saturated rings. The molecule has 0 spiro atoms. The van der Waals surface area contributed by atoms with E-state index in [9.17, 15) is 19.8 Å². The topological polar surface area (TPSA) is 95.9 Å². The lowest BCUT2D eigenvalue weighted by Crippen LogP contribution is -2.46. The molecule has 0 bridgehead atoms. The van der Waals surface area contributed by atoms with Gasteiger partial charge in [0.1, 0.15) is 6.10 Å². The maximum atomic E-state index is 13.1. The molecular formula is C56H93NO5. The van der Waals surface area contributed by atoms with E-state index < -0.39 is 18.2 Å². The molecule has 0 aromatic heterocycles. The Kier molecular flexibility index (Phi) is 45.8. The van der Waals surface area contributed by atoms with Crippen LogP contribution in [-0.2, 0) is 14.3 Å². The Morgan fingerprint density at radius 3 is 1.45 bits per heavy atom. The van der Waals surface area contributed by atoms with Crippen molar-refractivity contribution in [1.29, 1.82) is 0 Å². The van der Waals surface area contributed by atoms with Crippen LogP contribution in [0.2, 0.25) is 0 Å². The Morgan fingerprint density at radius 1 is 0.516 bits per heavy atom. The maximum absolute atomic E-state index is 13.1. The molecule has 0 aliphatic rings. The minimum absolute atomic E-state index is 0.0465. The molecule has 3 unspecified atom stereocenters. The quantitative estimate of drug-likeness (QED) is 0.0246. The first kappa shape index (κ1) is 58.5. The number of ether oxygens (including phenoxy) is 1. The van der Waals surface area contributed by atoms with E-state index in [1.54, 1.807) is 0 Å². The molecular weight excluding hydrogens is 767 g/mol. The van der Waals surface area contributed by atoms with Gasteiger partial charge < -0.3 is 20.3 Å². The fraction of sp³-hybridized carbons (Fsp3) is 0.643. The number of rotatable bonds is 43. The SMILES string of the molecule is CC/C=C/C=C/C=C\C=C/C=C/CC(CC(=O)NC(CO)C(O)CCCCCCCCCCCCCCCCC)OC(=O)CCC/C=C\C/C=C\C/C=C\C/C=C\CCCCC. The van der Waals surface area contributed by atoms with Gasteiger partial charge >= 0.3 is 5.97 Å². The summed E-state index contributed by atoms with van der Waals surface area (Å²) in [6, 6.07) is -0.757. The Hall–Kier alpha value is -3.48. The second-order valence-corrected chi connectivity index (χ2v) is 16.6. The molecule has 6 heteroatoms. The number of carbonyl (C=O) groups excluding carboxylic acids is 2. The number of aliphatic hydroxyl groups is 2. The first-order chi connectivity index (χ1) is 30.5. The van der Waals surface area contributed by atoms with Gasteiger partial charge in [0.05, 0.1) is 25.2 Å². The number of allylic oxidation sites excluding steroid dienone is 17. The summed E-state index contributed by atoms with van der Waals surface area (Å²) >= 11 is 0. The predicted molar refractivity (Wildman–Crippen MR) is 268 cm³/mol. The van der Waals surface area contributed by atoms with Crippen LogP contribution < -0.4 is 5.32 Å². The number of unbranched alkanes of at least 4 members (excludes halogenated alkanes) is 18. The molecule has 0 aliphatic carbocycles. The van der Waals surface area contributed by atoms with Crippen LogP contribution in [0.15, 0.2) is 109 Å². The Morgan fingerprint density at radius 2 is 0.952 bits per heavy atom. The first-order valence-electron chi connectivity index (χ1n) is 25.2. The monoisotopic (exact) mass is 860 g/mol. The van der Waals surface area contributed by atoms with Crippen molar-refractivity contribution in [2.45, 2.75) is 225 Å². The van der Waals surface area contributed by atoms with Crippen molar-refractivity contribution in [1.82, 2.24) is 5.32 Å². The molecule has 0 aromatic rings. The third kappa shape index (κ3) is 43.2. The van der Waals surface area contributed by atoms with Crippen LogP contribution in [0.25, 0.3) is 0 Å². The molecule has 0 radical (unpaired) electrons. The van der Waals surface area contributed by atoms with Gasteiger partial charge in [-0.15, -0.1) is 0 Å². The van der Waals surface area contributed by atoms with Gasteiger partial charge in [0.25, 0.3) is 0 Å². The maximum Gasteiger partial charge on any atom is 0.306 e. The molecule has 0 rings (SSSR count). The van der Waals surface area contributed by atoms with Crippen molar-refractivity contribution in [3.05, 3.63) is 109 Å². The highest BCUT2D eigenvalue weighted by atomic mass is 16.5. The van der Waals surface area contributed by atoms with Gasteiger partial charge in [-0.05, 0) is 57.8 Å². The van der Waals surface area contributed by atoms with Gasteiger partial charge in [-0.3, -0.25) is 9.59 Å². The zero-order chi connectivity index (χ0) is 45.2. The normalized spacial score (nSPS) is 14.2. The molecule has 1 amide bonds. The number of hydrogen-bond acceptors (Lipinski definition) is 5. The number of hydrogen-bond donors (Lipinski definition) is 3. The largest absolute Gasteiger partial charge is 0.461 e. The fourth-order valence-electron chi connectivity index (χ4n) is 6.91. The number of carbonyl (C=O) groups is 2. The van der Waals surface area contributed by atoms with Gasteiger partial charge in [0.2, 0.25) is 5.91 Å². The third-order valence-corrected chi connectivity index (χ3v) is 10.7. The van der Waals surface area contributed by atoms with Crippen molar-refractivity contribution in [2.75, 3.05) is 6.61 Å². The van der Waals surface area contributed by atoms with Crippen molar-refractivity contribution >= 4 is 11.9 Å². The Bertz CT molecular complexity index is 1280. The summed E-state index contributed by atoms with van der Waals surface area (Å²) in [6.45, 7) is 6.25. The van der Waals surface area contributed by atoms with Gasteiger partial charge in [-0.2, -0.15) is 0 Å². The zero-order valence-corrected chi connectivity index (χ0v) is 40.0. The van der Waals surface area contributed by atoms with E-state index in [-0.39, 0.29) is 31.3 Å². The van der Waals surface area contributed by atoms with E-state index in [0.717, 1.165) is 51.4 Å². The molecule has 0 saturated carbocycles. The number of aliphatic hydroxyl groups excluding tert-OH is 2. The minimum atomic E-state index is -0.833. The summed E-state index contributed by atoms with van der Waals surface area (Å²) in [5.74, 6) is -0.685. The highest BCUT2D eigenvalue weighted by molar-refractivity contribution is 5.77. The Balaban J connectivity index is 4.74. The third-order valence-electron chi connectivity index (χ3n) is 10.7. The van der Waals surface area contributed by atoms with E-state index in [1.807, 2.05) is 54.7 Å². The second-order valence-electron chi connectivity index (χ2n) is 16.6. The highest BCUT2D eigenvalue weighted by Gasteiger charge is 2.23. The van der Waals surface area contributed by atoms with E-state index in [1.165, 1.54) is 103 Å². The van der Waals surface area contributed by atoms with Crippen molar-refractivity contribution in [2.24, 2.45) is 0 Å². The van der Waals surface area contributed by atoms with Gasteiger partial charge in [0, 0.05) is 12.8 Å². The molecule has 352 valence electrons. The van der Waals surface area contributed by atoms with Crippen molar-refractivity contribution in [3.8, 4) is 0 Å². The lowest BCUT2D eigenvalue weighted by Gasteiger charge is -2.24. The summed E-state index contributed by atoms with van der Waals surface area (Å²) in [5, 5.41) is 23.7. The lowest BCUT2D eigenvalue weighted by atomic mass is 10.0. The van der Waals surface area contributed by atoms with Crippen LogP contribution in [0.5, 0.6) is 0 Å². The van der Waals surface area contributed by atoms with Crippen LogP contribution in [0.1, 0.15) is 207 Å². The van der Waals surface area contributed by atoms with Crippen LogP contribution in [0, 0.1) is 0 Å². The predicted octanol–water partition coefficient (Wildman–Crippen LogP) is 15.1. The van der Waals surface area contributed by atoms with Gasteiger partial charge in [-0.1, -0.05) is 239 Å². The number of amides is 1. The molecule has 0 saturated heterocycles. The molecule has 0 aromatic carbocycles.